The molecule has 0 radical (unpaired) electrons. The molecule has 0 aromatic heterocycles. The van der Waals surface area contributed by atoms with E-state index in [9.17, 15) is 61.0 Å². The zero-order valence-corrected chi connectivity index (χ0v) is 60.4. The minimum absolute atomic E-state index is 0.216. The lowest BCUT2D eigenvalue weighted by atomic mass is 9.96. The summed E-state index contributed by atoms with van der Waals surface area (Å²) in [6.07, 6.45) is 60.9. The van der Waals surface area contributed by atoms with Crippen molar-refractivity contribution < 1.29 is 89.4 Å². The predicted molar refractivity (Wildman–Crippen MR) is 396 cm³/mol. The van der Waals surface area contributed by atoms with Crippen molar-refractivity contribution in [2.24, 2.45) is 0 Å². The number of amides is 1. The largest absolute Gasteiger partial charge is 0.394 e. The zero-order valence-electron chi connectivity index (χ0n) is 60.4. The molecule has 3 heterocycles. The number of carbonyl (C=O) groups is 1. The summed E-state index contributed by atoms with van der Waals surface area (Å²) in [5.74, 6) is -0.302. The van der Waals surface area contributed by atoms with Gasteiger partial charge in [-0.3, -0.25) is 4.79 Å². The normalized spacial score (nSPS) is 27.4. The number of unbranched alkanes of at least 4 members (excludes halogenated alkanes) is 16. The molecule has 0 spiro atoms. The van der Waals surface area contributed by atoms with Crippen molar-refractivity contribution in [3.8, 4) is 0 Å². The quantitative estimate of drug-likeness (QED) is 0.0199. The molecule has 12 N–H and O–H groups in total. The second-order valence-electron chi connectivity index (χ2n) is 26.0. The topological polar surface area (TPSA) is 307 Å². The molecule has 100 heavy (non-hydrogen) atoms. The minimum Gasteiger partial charge on any atom is -0.394 e. The molecule has 3 fully saturated rings. The van der Waals surface area contributed by atoms with Crippen molar-refractivity contribution in [2.75, 3.05) is 26.4 Å². The van der Waals surface area contributed by atoms with Gasteiger partial charge in [0.25, 0.3) is 0 Å². The highest BCUT2D eigenvalue weighted by Crippen LogP contribution is 2.33. The number of hydrogen-bond acceptors (Lipinski definition) is 18. The van der Waals surface area contributed by atoms with Crippen molar-refractivity contribution >= 4 is 5.91 Å². The number of carbonyl (C=O) groups excluding carboxylic acids is 1. The van der Waals surface area contributed by atoms with Gasteiger partial charge in [-0.2, -0.15) is 0 Å². The van der Waals surface area contributed by atoms with Gasteiger partial charge in [-0.25, -0.2) is 0 Å². The van der Waals surface area contributed by atoms with Gasteiger partial charge in [0, 0.05) is 6.42 Å². The maximum atomic E-state index is 13.4. The summed E-state index contributed by atoms with van der Waals surface area (Å²) in [6.45, 7) is 1.53. The third kappa shape index (κ3) is 39.9. The van der Waals surface area contributed by atoms with Gasteiger partial charge in [0.1, 0.15) is 73.2 Å². The van der Waals surface area contributed by atoms with E-state index >= 15 is 0 Å². The standard InChI is InChI=1S/C81H131NO18/c1-3-5-7-9-11-13-15-17-19-20-21-22-23-24-25-26-27-28-29-30-31-32-33-34-35-36-37-38-39-40-41-42-43-44-45-47-49-51-53-55-57-59-69(87)82-64(65(86)58-56-54-52-50-48-46-18-16-14-12-10-8-6-4-2)63-95-79-75(93)72(90)77(67(61-84)97-79)100-81-76(94)73(91)78(68(62-85)98-81)99-80-74(92)71(89)70(88)66(60-83)96-80/h5,7,11,13-14,16-17,19,21-22,24-25,27-28,30-31,33-34,36-37,39-40,48,50,56,58,64-68,70-81,83-86,88-94H,3-4,6,8-10,12,15,18,20,23,26,29,32,35,38,41-47,49,51-55,57,59-63H2,1-2H3,(H,82,87)/b7-5-,13-11-,16-14+,19-17-,22-21-,25-24-,28-27-,31-30-,34-33-,37-36-,40-39-,50-48+,58-56+. The van der Waals surface area contributed by atoms with Crippen LogP contribution >= 0.6 is 0 Å². The van der Waals surface area contributed by atoms with Crippen LogP contribution in [0.25, 0.3) is 0 Å². The Balaban J connectivity index is 1.33. The first kappa shape index (κ1) is 89.6. The zero-order chi connectivity index (χ0) is 72.5. The van der Waals surface area contributed by atoms with Gasteiger partial charge in [0.2, 0.25) is 5.91 Å². The smallest absolute Gasteiger partial charge is 0.220 e. The van der Waals surface area contributed by atoms with Gasteiger partial charge in [-0.05, 0) is 122 Å². The fourth-order valence-corrected chi connectivity index (χ4v) is 11.5. The van der Waals surface area contributed by atoms with E-state index in [0.717, 1.165) is 122 Å². The molecular weight excluding hydrogens is 1270 g/mol. The van der Waals surface area contributed by atoms with E-state index in [4.69, 9.17) is 28.4 Å². The van der Waals surface area contributed by atoms with Gasteiger partial charge in [0.05, 0.1) is 38.6 Å². The summed E-state index contributed by atoms with van der Waals surface area (Å²) in [5.41, 5.74) is 0. The number of ether oxygens (including phenoxy) is 6. The molecule has 3 rings (SSSR count). The van der Waals surface area contributed by atoms with E-state index < -0.39 is 124 Å². The predicted octanol–water partition coefficient (Wildman–Crippen LogP) is 11.7. The number of aliphatic hydroxyl groups excluding tert-OH is 11. The van der Waals surface area contributed by atoms with Gasteiger partial charge in [-0.15, -0.1) is 0 Å². The number of aliphatic hydroxyl groups is 11. The van der Waals surface area contributed by atoms with Crippen LogP contribution in [0.15, 0.2) is 158 Å². The number of allylic oxidation sites excluding steroid dienone is 25. The lowest BCUT2D eigenvalue weighted by Crippen LogP contribution is -2.66. The molecule has 0 aliphatic carbocycles. The Bertz CT molecular complexity index is 2430. The number of nitrogens with one attached hydrogen (secondary N) is 1. The molecule has 17 unspecified atom stereocenters. The summed E-state index contributed by atoms with van der Waals surface area (Å²) in [6, 6.07) is -1.01. The Morgan fingerprint density at radius 2 is 0.700 bits per heavy atom. The molecule has 17 atom stereocenters. The van der Waals surface area contributed by atoms with Crippen LogP contribution in [0, 0.1) is 0 Å². The van der Waals surface area contributed by atoms with Crippen LogP contribution in [-0.2, 0) is 33.2 Å². The average molecular weight is 1410 g/mol. The third-order valence-electron chi connectivity index (χ3n) is 17.5. The number of hydrogen-bond donors (Lipinski definition) is 12. The van der Waals surface area contributed by atoms with E-state index in [2.05, 4.69) is 165 Å². The van der Waals surface area contributed by atoms with Crippen molar-refractivity contribution in [1.29, 1.82) is 0 Å². The molecule has 0 aromatic carbocycles. The molecule has 3 saturated heterocycles. The molecular formula is C81H131NO18. The van der Waals surface area contributed by atoms with Crippen LogP contribution < -0.4 is 5.32 Å². The Hall–Kier alpha value is -4.59. The first-order valence-corrected chi connectivity index (χ1v) is 37.7. The average Bonchev–Trinajstić information content (AvgIpc) is 0.783. The minimum atomic E-state index is -1.99. The highest BCUT2D eigenvalue weighted by atomic mass is 16.8. The summed E-state index contributed by atoms with van der Waals surface area (Å²) < 4.78 is 34.3. The third-order valence-corrected chi connectivity index (χ3v) is 17.5. The van der Waals surface area contributed by atoms with Gasteiger partial charge < -0.3 is 89.9 Å². The van der Waals surface area contributed by atoms with E-state index in [1.165, 1.54) is 57.8 Å². The van der Waals surface area contributed by atoms with Crippen LogP contribution in [0.5, 0.6) is 0 Å². The second kappa shape index (κ2) is 59.8. The molecule has 3 aliphatic heterocycles. The van der Waals surface area contributed by atoms with E-state index in [-0.39, 0.29) is 18.9 Å². The Morgan fingerprint density at radius 3 is 1.12 bits per heavy atom. The highest BCUT2D eigenvalue weighted by molar-refractivity contribution is 5.76. The molecule has 3 aliphatic rings. The molecule has 19 nitrogen and oxygen atoms in total. The van der Waals surface area contributed by atoms with Crippen LogP contribution in [0.4, 0.5) is 0 Å². The first-order valence-electron chi connectivity index (χ1n) is 37.7. The summed E-state index contributed by atoms with van der Waals surface area (Å²) in [5, 5.41) is 120. The van der Waals surface area contributed by atoms with Crippen molar-refractivity contribution in [3.63, 3.8) is 0 Å². The summed E-state index contributed by atoms with van der Waals surface area (Å²) in [4.78, 5) is 13.4. The van der Waals surface area contributed by atoms with E-state index in [1.54, 1.807) is 6.08 Å². The lowest BCUT2D eigenvalue weighted by molar-refractivity contribution is -0.379. The Morgan fingerprint density at radius 1 is 0.370 bits per heavy atom. The van der Waals surface area contributed by atoms with Crippen LogP contribution in [-0.4, -0.2) is 193 Å². The maximum absolute atomic E-state index is 13.4. The van der Waals surface area contributed by atoms with Gasteiger partial charge in [0.15, 0.2) is 18.9 Å². The molecule has 568 valence electrons. The van der Waals surface area contributed by atoms with Crippen molar-refractivity contribution in [3.05, 3.63) is 158 Å². The second-order valence-corrected chi connectivity index (χ2v) is 26.0. The van der Waals surface area contributed by atoms with Gasteiger partial charge in [-0.1, -0.05) is 242 Å². The Labute approximate surface area is 599 Å². The fourth-order valence-electron chi connectivity index (χ4n) is 11.5. The van der Waals surface area contributed by atoms with Crippen molar-refractivity contribution in [1.82, 2.24) is 5.32 Å². The fraction of sp³-hybridized carbons (Fsp3) is 0.667. The highest BCUT2D eigenvalue weighted by Gasteiger charge is 2.53. The maximum Gasteiger partial charge on any atom is 0.220 e. The molecule has 1 amide bonds. The first-order chi connectivity index (χ1) is 48.8. The SMILES string of the molecule is CC/C=C\C/C=C\C/C=C\C/C=C\C/C=C\C/C=C\C/C=C\C/C=C\C/C=C\C/C=C\CCCCCCCCCCCCC(=O)NC(COC1OC(CO)C(OC2OC(CO)C(OC3OC(CO)C(O)C(O)C3O)C(O)C2O)C(O)C1O)C(O)/C=C/CC/C=C/CC/C=C/CCCCCC. The van der Waals surface area contributed by atoms with Crippen LogP contribution in [0.3, 0.4) is 0 Å². The van der Waals surface area contributed by atoms with Crippen LogP contribution in [0.1, 0.15) is 213 Å². The van der Waals surface area contributed by atoms with E-state index in [0.29, 0.717) is 12.8 Å². The molecule has 0 aromatic rings. The Kier molecular flexibility index (Phi) is 53.6. The molecule has 19 heteroatoms. The number of rotatable bonds is 56. The summed E-state index contributed by atoms with van der Waals surface area (Å²) >= 11 is 0. The molecule has 0 saturated carbocycles. The molecule has 0 bridgehead atoms. The lowest BCUT2D eigenvalue weighted by Gasteiger charge is -2.48. The van der Waals surface area contributed by atoms with Crippen LogP contribution in [0.2, 0.25) is 0 Å². The summed E-state index contributed by atoms with van der Waals surface area (Å²) in [7, 11) is 0. The van der Waals surface area contributed by atoms with Crippen molar-refractivity contribution in [2.45, 2.75) is 317 Å². The monoisotopic (exact) mass is 1410 g/mol. The van der Waals surface area contributed by atoms with Gasteiger partial charge >= 0.3 is 0 Å². The van der Waals surface area contributed by atoms with E-state index in [1.807, 2.05) is 6.08 Å².